The summed E-state index contributed by atoms with van der Waals surface area (Å²) in [7, 11) is 1.62. The van der Waals surface area contributed by atoms with E-state index in [0.717, 1.165) is 48.1 Å². The molecule has 3 aromatic rings. The fourth-order valence-corrected chi connectivity index (χ4v) is 5.03. The summed E-state index contributed by atoms with van der Waals surface area (Å²) < 4.78 is 5.26. The van der Waals surface area contributed by atoms with Gasteiger partial charge in [0.05, 0.1) is 13.5 Å². The number of nitrogens with zero attached hydrogens (tertiary/aromatic N) is 1. The van der Waals surface area contributed by atoms with E-state index in [1.54, 1.807) is 12.0 Å². The standard InChI is InChI=1S/C31H35ClN2O3/c1-37-28-18-14-24(15-19-28)21-30(35)34(22-25-12-16-26(32)17-13-25)29(20-23-8-4-2-5-9-23)31(36)33-27-10-6-3-7-11-27/h2,4-5,8-9,12-19,27,29H,3,6-7,10-11,20-22H2,1H3,(H,33,36)/t29-/m1/s1. The Morgan fingerprint density at radius 1 is 0.892 bits per heavy atom. The van der Waals surface area contributed by atoms with Gasteiger partial charge in [0.15, 0.2) is 0 Å². The van der Waals surface area contributed by atoms with Crippen molar-refractivity contribution >= 4 is 23.4 Å². The number of carbonyl (C=O) groups is 2. The number of hydrogen-bond acceptors (Lipinski definition) is 3. The third-order valence-corrected chi connectivity index (χ3v) is 7.26. The summed E-state index contributed by atoms with van der Waals surface area (Å²) in [5.74, 6) is 0.552. The van der Waals surface area contributed by atoms with Crippen LogP contribution in [0.2, 0.25) is 5.02 Å². The Bertz CT molecular complexity index is 1140. The van der Waals surface area contributed by atoms with Crippen LogP contribution in [0.1, 0.15) is 48.8 Å². The van der Waals surface area contributed by atoms with Crippen LogP contribution in [0.3, 0.4) is 0 Å². The highest BCUT2D eigenvalue weighted by Gasteiger charge is 2.32. The van der Waals surface area contributed by atoms with Crippen LogP contribution in [0.25, 0.3) is 0 Å². The molecule has 0 aliphatic heterocycles. The van der Waals surface area contributed by atoms with Crippen LogP contribution in [0, 0.1) is 0 Å². The summed E-state index contributed by atoms with van der Waals surface area (Å²) in [5.41, 5.74) is 2.82. The maximum atomic E-state index is 13.9. The van der Waals surface area contributed by atoms with Crippen LogP contribution >= 0.6 is 11.6 Å². The van der Waals surface area contributed by atoms with Gasteiger partial charge in [-0.15, -0.1) is 0 Å². The van der Waals surface area contributed by atoms with Gasteiger partial charge in [0.25, 0.3) is 0 Å². The smallest absolute Gasteiger partial charge is 0.243 e. The molecule has 0 unspecified atom stereocenters. The molecule has 1 fully saturated rings. The van der Waals surface area contributed by atoms with Gasteiger partial charge in [0.1, 0.15) is 11.8 Å². The summed E-state index contributed by atoms with van der Waals surface area (Å²) in [6.07, 6.45) is 6.07. The summed E-state index contributed by atoms with van der Waals surface area (Å²) >= 11 is 6.12. The lowest BCUT2D eigenvalue weighted by Gasteiger charge is -2.33. The van der Waals surface area contributed by atoms with E-state index in [0.29, 0.717) is 18.0 Å². The molecule has 194 valence electrons. The Kier molecular flexibility index (Phi) is 9.61. The average Bonchev–Trinajstić information content (AvgIpc) is 2.93. The highest BCUT2D eigenvalue weighted by molar-refractivity contribution is 6.30. The third kappa shape index (κ3) is 7.83. The Morgan fingerprint density at radius 3 is 2.19 bits per heavy atom. The topological polar surface area (TPSA) is 58.6 Å². The summed E-state index contributed by atoms with van der Waals surface area (Å²) in [4.78, 5) is 29.4. The van der Waals surface area contributed by atoms with Crippen LogP contribution in [-0.2, 0) is 29.0 Å². The molecular weight excluding hydrogens is 484 g/mol. The van der Waals surface area contributed by atoms with Gasteiger partial charge in [-0.2, -0.15) is 0 Å². The number of amides is 2. The quantitative estimate of drug-likeness (QED) is 0.359. The van der Waals surface area contributed by atoms with Crippen LogP contribution in [0.4, 0.5) is 0 Å². The summed E-state index contributed by atoms with van der Waals surface area (Å²) in [6.45, 7) is 0.321. The zero-order chi connectivity index (χ0) is 26.0. The molecule has 1 aliphatic carbocycles. The minimum absolute atomic E-state index is 0.0900. The Labute approximate surface area is 224 Å². The first kappa shape index (κ1) is 26.7. The lowest BCUT2D eigenvalue weighted by molar-refractivity contribution is -0.141. The largest absolute Gasteiger partial charge is 0.497 e. The molecule has 1 atom stereocenters. The van der Waals surface area contributed by atoms with E-state index in [4.69, 9.17) is 16.3 Å². The number of halogens is 1. The summed E-state index contributed by atoms with van der Waals surface area (Å²) in [6, 6.07) is 24.4. The highest BCUT2D eigenvalue weighted by Crippen LogP contribution is 2.21. The minimum atomic E-state index is -0.634. The normalized spacial score (nSPS) is 14.5. The lowest BCUT2D eigenvalue weighted by Crippen LogP contribution is -2.53. The lowest BCUT2D eigenvalue weighted by atomic mass is 9.94. The number of carbonyl (C=O) groups excluding carboxylic acids is 2. The second kappa shape index (κ2) is 13.3. The van der Waals surface area contributed by atoms with Crippen molar-refractivity contribution in [3.05, 3.63) is 101 Å². The molecule has 3 aromatic carbocycles. The molecule has 2 amide bonds. The Morgan fingerprint density at radius 2 is 1.54 bits per heavy atom. The third-order valence-electron chi connectivity index (χ3n) is 7.00. The van der Waals surface area contributed by atoms with Gasteiger partial charge in [-0.25, -0.2) is 0 Å². The zero-order valence-corrected chi connectivity index (χ0v) is 22.1. The van der Waals surface area contributed by atoms with Crippen molar-refractivity contribution in [2.45, 2.75) is 63.6 Å². The van der Waals surface area contributed by atoms with Gasteiger partial charge in [0, 0.05) is 24.0 Å². The molecule has 0 aromatic heterocycles. The number of ether oxygens (including phenoxy) is 1. The maximum absolute atomic E-state index is 13.9. The van der Waals surface area contributed by atoms with Gasteiger partial charge >= 0.3 is 0 Å². The number of benzene rings is 3. The predicted octanol–water partition coefficient (Wildman–Crippen LogP) is 5.98. The fourth-order valence-electron chi connectivity index (χ4n) is 4.90. The first-order valence-corrected chi connectivity index (χ1v) is 13.4. The van der Waals surface area contributed by atoms with Crippen molar-refractivity contribution in [2.75, 3.05) is 7.11 Å². The fraction of sp³-hybridized carbons (Fsp3) is 0.355. The molecule has 1 aliphatic rings. The summed E-state index contributed by atoms with van der Waals surface area (Å²) in [5, 5.41) is 3.91. The van der Waals surface area contributed by atoms with E-state index in [-0.39, 0.29) is 24.3 Å². The van der Waals surface area contributed by atoms with Crippen molar-refractivity contribution in [3.8, 4) is 5.75 Å². The van der Waals surface area contributed by atoms with Crippen molar-refractivity contribution in [1.82, 2.24) is 10.2 Å². The van der Waals surface area contributed by atoms with E-state index < -0.39 is 6.04 Å². The monoisotopic (exact) mass is 518 g/mol. The minimum Gasteiger partial charge on any atom is -0.497 e. The van der Waals surface area contributed by atoms with Crippen LogP contribution in [0.5, 0.6) is 5.75 Å². The number of methoxy groups -OCH3 is 1. The van der Waals surface area contributed by atoms with Crippen molar-refractivity contribution in [2.24, 2.45) is 0 Å². The number of rotatable bonds is 10. The molecule has 4 rings (SSSR count). The van der Waals surface area contributed by atoms with E-state index >= 15 is 0 Å². The Hall–Kier alpha value is -3.31. The molecule has 0 bridgehead atoms. The Balaban J connectivity index is 1.63. The zero-order valence-electron chi connectivity index (χ0n) is 21.4. The van der Waals surface area contributed by atoms with E-state index in [9.17, 15) is 9.59 Å². The maximum Gasteiger partial charge on any atom is 0.243 e. The van der Waals surface area contributed by atoms with Crippen LogP contribution in [0.15, 0.2) is 78.9 Å². The van der Waals surface area contributed by atoms with Gasteiger partial charge in [0.2, 0.25) is 11.8 Å². The van der Waals surface area contributed by atoms with E-state index in [2.05, 4.69) is 5.32 Å². The van der Waals surface area contributed by atoms with Crippen molar-refractivity contribution in [3.63, 3.8) is 0 Å². The molecule has 0 saturated heterocycles. The van der Waals surface area contributed by atoms with E-state index in [1.165, 1.54) is 6.42 Å². The molecule has 1 saturated carbocycles. The SMILES string of the molecule is COc1ccc(CC(=O)N(Cc2ccc(Cl)cc2)[C@H](Cc2ccccc2)C(=O)NC2CCCCC2)cc1. The molecule has 6 heteroatoms. The molecule has 1 N–H and O–H groups in total. The predicted molar refractivity (Wildman–Crippen MR) is 148 cm³/mol. The molecule has 0 heterocycles. The first-order chi connectivity index (χ1) is 18.0. The van der Waals surface area contributed by atoms with Crippen molar-refractivity contribution in [1.29, 1.82) is 0 Å². The molecule has 0 spiro atoms. The van der Waals surface area contributed by atoms with Gasteiger partial charge in [-0.3, -0.25) is 9.59 Å². The van der Waals surface area contributed by atoms with Gasteiger partial charge < -0.3 is 15.0 Å². The van der Waals surface area contributed by atoms with Crippen LogP contribution in [-0.4, -0.2) is 35.9 Å². The van der Waals surface area contributed by atoms with Crippen molar-refractivity contribution < 1.29 is 14.3 Å². The van der Waals surface area contributed by atoms with E-state index in [1.807, 2.05) is 78.9 Å². The average molecular weight is 519 g/mol. The van der Waals surface area contributed by atoms with Crippen LogP contribution < -0.4 is 10.1 Å². The van der Waals surface area contributed by atoms with Gasteiger partial charge in [-0.05, 0) is 53.8 Å². The molecule has 0 radical (unpaired) electrons. The molecular formula is C31H35ClN2O3. The highest BCUT2D eigenvalue weighted by atomic mass is 35.5. The second-order valence-corrected chi connectivity index (χ2v) is 10.2. The number of nitrogens with one attached hydrogen (secondary N) is 1. The molecule has 37 heavy (non-hydrogen) atoms. The molecule has 5 nitrogen and oxygen atoms in total. The van der Waals surface area contributed by atoms with Gasteiger partial charge in [-0.1, -0.05) is 85.5 Å². The first-order valence-electron chi connectivity index (χ1n) is 13.0. The number of hydrogen-bond donors (Lipinski definition) is 1. The second-order valence-electron chi connectivity index (χ2n) is 9.72.